The average Bonchev–Trinajstić information content (AvgIpc) is 2.81. The number of pyridine rings is 1. The summed E-state index contributed by atoms with van der Waals surface area (Å²) in [5.74, 6) is 0.986. The van der Waals surface area contributed by atoms with E-state index in [4.69, 9.17) is 0 Å². The summed E-state index contributed by atoms with van der Waals surface area (Å²) in [6, 6.07) is 19.3. The number of aryl methyl sites for hydroxylation is 2. The first-order valence-electron chi connectivity index (χ1n) is 12.7. The van der Waals surface area contributed by atoms with E-state index >= 15 is 0 Å². The number of aromatic nitrogens is 1. The Morgan fingerprint density at radius 1 is 0.706 bits per heavy atom. The molecule has 0 saturated heterocycles. The van der Waals surface area contributed by atoms with Crippen LogP contribution in [0.3, 0.4) is 0 Å². The minimum absolute atomic E-state index is 0.493. The molecule has 0 aliphatic carbocycles. The van der Waals surface area contributed by atoms with Crippen LogP contribution in [-0.4, -0.2) is 36.1 Å². The van der Waals surface area contributed by atoms with Crippen LogP contribution in [-0.2, 0) is 6.54 Å². The van der Waals surface area contributed by atoms with Crippen molar-refractivity contribution in [1.29, 1.82) is 0 Å². The molecule has 0 spiro atoms. The second-order valence-corrected chi connectivity index (χ2v) is 9.84. The molecule has 0 unspecified atom stereocenters. The fourth-order valence-electron chi connectivity index (χ4n) is 4.52. The molecule has 0 aliphatic rings. The zero-order chi connectivity index (χ0) is 24.5. The maximum atomic E-state index is 4.57. The summed E-state index contributed by atoms with van der Waals surface area (Å²) in [5, 5.41) is 7.48. The fraction of sp³-hybridized carbons (Fsp3) is 0.433. The van der Waals surface area contributed by atoms with Crippen LogP contribution in [0.1, 0.15) is 67.5 Å². The molecule has 3 rings (SSSR count). The number of para-hydroxylation sites is 2. The molecular weight excluding hydrogens is 416 g/mol. The van der Waals surface area contributed by atoms with Gasteiger partial charge < -0.3 is 10.6 Å². The summed E-state index contributed by atoms with van der Waals surface area (Å²) < 4.78 is 0. The molecule has 2 aromatic carbocycles. The van der Waals surface area contributed by atoms with Crippen molar-refractivity contribution in [1.82, 2.24) is 9.88 Å². The first-order valence-corrected chi connectivity index (χ1v) is 12.7. The highest BCUT2D eigenvalue weighted by Gasteiger charge is 2.14. The smallest absolute Gasteiger partial charge is 0.0543 e. The van der Waals surface area contributed by atoms with Crippen molar-refractivity contribution < 1.29 is 0 Å². The molecule has 0 aliphatic heterocycles. The standard InChI is InChI=1S/C30H42N4/c1-22(2)27-14-10-15-28(23(3)4)30(27)33-18-20-34(21-26-13-7-8-16-31-26)19-17-32-29-24(5)11-9-12-25(29)6/h7-16,22-23,32-33H,17-21H2,1-6H3. The highest BCUT2D eigenvalue weighted by Crippen LogP contribution is 2.32. The van der Waals surface area contributed by atoms with Crippen molar-refractivity contribution in [3.63, 3.8) is 0 Å². The number of hydrogen-bond donors (Lipinski definition) is 2. The lowest BCUT2D eigenvalue weighted by Crippen LogP contribution is -2.33. The molecule has 0 saturated carbocycles. The van der Waals surface area contributed by atoms with E-state index in [1.54, 1.807) is 0 Å². The van der Waals surface area contributed by atoms with Crippen molar-refractivity contribution >= 4 is 11.4 Å². The van der Waals surface area contributed by atoms with E-state index in [1.807, 2.05) is 12.3 Å². The van der Waals surface area contributed by atoms with Gasteiger partial charge in [-0.25, -0.2) is 0 Å². The maximum Gasteiger partial charge on any atom is 0.0543 e. The normalized spacial score (nSPS) is 11.4. The Kier molecular flexibility index (Phi) is 9.52. The Hall–Kier alpha value is -2.85. The molecule has 4 heteroatoms. The van der Waals surface area contributed by atoms with Crippen LogP contribution in [0.2, 0.25) is 0 Å². The number of nitrogens with zero attached hydrogens (tertiary/aromatic N) is 2. The van der Waals surface area contributed by atoms with E-state index in [9.17, 15) is 0 Å². The van der Waals surface area contributed by atoms with Gasteiger partial charge in [0.1, 0.15) is 0 Å². The summed E-state index contributed by atoms with van der Waals surface area (Å²) in [6.45, 7) is 18.0. The number of nitrogens with one attached hydrogen (secondary N) is 2. The lowest BCUT2D eigenvalue weighted by atomic mass is 9.92. The van der Waals surface area contributed by atoms with Crippen LogP contribution in [0.5, 0.6) is 0 Å². The molecule has 3 aromatic rings. The summed E-state index contributed by atoms with van der Waals surface area (Å²) in [5.41, 5.74) is 9.08. The third-order valence-electron chi connectivity index (χ3n) is 6.43. The highest BCUT2D eigenvalue weighted by molar-refractivity contribution is 5.60. The Balaban J connectivity index is 1.67. The number of benzene rings is 2. The Labute approximate surface area is 206 Å². The molecule has 0 atom stereocenters. The van der Waals surface area contributed by atoms with Crippen LogP contribution >= 0.6 is 0 Å². The fourth-order valence-corrected chi connectivity index (χ4v) is 4.52. The van der Waals surface area contributed by atoms with Gasteiger partial charge in [0.15, 0.2) is 0 Å². The second-order valence-electron chi connectivity index (χ2n) is 9.84. The summed E-state index contributed by atoms with van der Waals surface area (Å²) >= 11 is 0. The Morgan fingerprint density at radius 2 is 1.26 bits per heavy atom. The quantitative estimate of drug-likeness (QED) is 0.307. The van der Waals surface area contributed by atoms with Gasteiger partial charge in [0, 0.05) is 50.3 Å². The third-order valence-corrected chi connectivity index (χ3v) is 6.43. The minimum atomic E-state index is 0.493. The maximum absolute atomic E-state index is 4.57. The van der Waals surface area contributed by atoms with Crippen LogP contribution < -0.4 is 10.6 Å². The van der Waals surface area contributed by atoms with E-state index in [0.717, 1.165) is 38.4 Å². The molecule has 34 heavy (non-hydrogen) atoms. The monoisotopic (exact) mass is 458 g/mol. The molecule has 0 bridgehead atoms. The molecular formula is C30H42N4. The van der Waals surface area contributed by atoms with Gasteiger partial charge in [-0.1, -0.05) is 70.2 Å². The molecule has 4 nitrogen and oxygen atoms in total. The van der Waals surface area contributed by atoms with Gasteiger partial charge in [-0.3, -0.25) is 9.88 Å². The zero-order valence-electron chi connectivity index (χ0n) is 21.9. The lowest BCUT2D eigenvalue weighted by molar-refractivity contribution is 0.283. The second kappa shape index (κ2) is 12.6. The largest absolute Gasteiger partial charge is 0.383 e. The first kappa shape index (κ1) is 25.8. The van der Waals surface area contributed by atoms with Gasteiger partial charge in [-0.05, 0) is 60.1 Å². The summed E-state index contributed by atoms with van der Waals surface area (Å²) in [7, 11) is 0. The molecule has 1 heterocycles. The van der Waals surface area contributed by atoms with Gasteiger partial charge in [-0.2, -0.15) is 0 Å². The Bertz CT molecular complexity index is 981. The van der Waals surface area contributed by atoms with E-state index in [0.29, 0.717) is 11.8 Å². The number of rotatable bonds is 12. The molecule has 0 radical (unpaired) electrons. The number of anilines is 2. The van der Waals surface area contributed by atoms with Crippen molar-refractivity contribution in [2.75, 3.05) is 36.8 Å². The molecule has 0 fully saturated rings. The van der Waals surface area contributed by atoms with Crippen LogP contribution in [0.15, 0.2) is 60.8 Å². The summed E-state index contributed by atoms with van der Waals surface area (Å²) in [6.07, 6.45) is 1.88. The van der Waals surface area contributed by atoms with E-state index in [1.165, 1.54) is 33.6 Å². The first-order chi connectivity index (χ1) is 16.4. The molecule has 182 valence electrons. The van der Waals surface area contributed by atoms with Gasteiger partial charge in [0.25, 0.3) is 0 Å². The molecule has 1 aromatic heterocycles. The van der Waals surface area contributed by atoms with E-state index < -0.39 is 0 Å². The SMILES string of the molecule is Cc1cccc(C)c1NCCN(CCNc1c(C(C)C)cccc1C(C)C)Cc1ccccn1. The molecule has 2 N–H and O–H groups in total. The summed E-state index contributed by atoms with van der Waals surface area (Å²) in [4.78, 5) is 7.06. The molecule has 0 amide bonds. The topological polar surface area (TPSA) is 40.2 Å². The van der Waals surface area contributed by atoms with Gasteiger partial charge in [0.05, 0.1) is 5.69 Å². The third kappa shape index (κ3) is 7.07. The van der Waals surface area contributed by atoms with Crippen molar-refractivity contribution in [2.45, 2.75) is 59.9 Å². The minimum Gasteiger partial charge on any atom is -0.383 e. The van der Waals surface area contributed by atoms with Gasteiger partial charge >= 0.3 is 0 Å². The lowest BCUT2D eigenvalue weighted by Gasteiger charge is -2.25. The highest BCUT2D eigenvalue weighted by atomic mass is 15.2. The Morgan fingerprint density at radius 3 is 1.79 bits per heavy atom. The van der Waals surface area contributed by atoms with E-state index in [-0.39, 0.29) is 0 Å². The van der Waals surface area contributed by atoms with Crippen LogP contribution in [0.4, 0.5) is 11.4 Å². The van der Waals surface area contributed by atoms with E-state index in [2.05, 4.69) is 111 Å². The van der Waals surface area contributed by atoms with Crippen molar-refractivity contribution in [3.05, 3.63) is 88.7 Å². The van der Waals surface area contributed by atoms with Crippen LogP contribution in [0.25, 0.3) is 0 Å². The van der Waals surface area contributed by atoms with Crippen LogP contribution in [0, 0.1) is 13.8 Å². The predicted octanol–water partition coefficient (Wildman–Crippen LogP) is 6.97. The zero-order valence-corrected chi connectivity index (χ0v) is 21.9. The predicted molar refractivity (Wildman–Crippen MR) is 147 cm³/mol. The number of hydrogen-bond acceptors (Lipinski definition) is 4. The van der Waals surface area contributed by atoms with Gasteiger partial charge in [-0.15, -0.1) is 0 Å². The van der Waals surface area contributed by atoms with Gasteiger partial charge in [0.2, 0.25) is 0 Å². The van der Waals surface area contributed by atoms with Crippen molar-refractivity contribution in [2.24, 2.45) is 0 Å². The average molecular weight is 459 g/mol. The van der Waals surface area contributed by atoms with Crippen molar-refractivity contribution in [3.8, 4) is 0 Å².